The van der Waals surface area contributed by atoms with Gasteiger partial charge in [-0.3, -0.25) is 14.2 Å². The smallest absolute Gasteiger partial charge is 0.353 e. The molecule has 0 unspecified atom stereocenters. The molecule has 1 aromatic heterocycles. The maximum Gasteiger partial charge on any atom is 0.353 e. The number of nitrogens with zero attached hydrogens (tertiary/aromatic N) is 1. The number of pyridine rings is 1. The third kappa shape index (κ3) is 5.65. The molecule has 2 N–H and O–H groups in total. The highest BCUT2D eigenvalue weighted by Crippen LogP contribution is 2.33. The van der Waals surface area contributed by atoms with Crippen LogP contribution in [0.15, 0.2) is 87.0 Å². The number of carboxylic acids is 2. The minimum atomic E-state index is -3.68. The summed E-state index contributed by atoms with van der Waals surface area (Å²) in [4.78, 5) is 36.7. The lowest BCUT2D eigenvalue weighted by Crippen LogP contribution is -2.28. The Labute approximate surface area is 220 Å². The maximum atomic E-state index is 13.5. The molecule has 0 amide bonds. The van der Waals surface area contributed by atoms with Crippen LogP contribution in [0.1, 0.15) is 28.9 Å². The van der Waals surface area contributed by atoms with Gasteiger partial charge in [0.1, 0.15) is 5.69 Å². The zero-order valence-corrected chi connectivity index (χ0v) is 21.8. The molecule has 0 bridgehead atoms. The Balaban J connectivity index is 1.81. The van der Waals surface area contributed by atoms with Crippen LogP contribution in [-0.4, -0.2) is 40.9 Å². The molecule has 0 radical (unpaired) electrons. The third-order valence-corrected chi connectivity index (χ3v) is 8.23. The predicted octanol–water partition coefficient (Wildman–Crippen LogP) is 4.82. The van der Waals surface area contributed by atoms with Crippen molar-refractivity contribution in [1.82, 2.24) is 4.57 Å². The van der Waals surface area contributed by atoms with Crippen LogP contribution in [0, 0.1) is 0 Å². The van der Waals surface area contributed by atoms with Gasteiger partial charge >= 0.3 is 11.9 Å². The molecular formula is C27H22BrNO7S. The molecule has 37 heavy (non-hydrogen) atoms. The fourth-order valence-corrected chi connectivity index (χ4v) is 5.88. The summed E-state index contributed by atoms with van der Waals surface area (Å²) in [5, 5.41) is 19.8. The van der Waals surface area contributed by atoms with Crippen molar-refractivity contribution < 1.29 is 28.2 Å². The lowest BCUT2D eigenvalue weighted by molar-refractivity contribution is -0.137. The highest BCUT2D eigenvalue weighted by Gasteiger charge is 2.23. The normalized spacial score (nSPS) is 11.5. The zero-order valence-electron chi connectivity index (χ0n) is 19.4. The topological polar surface area (TPSA) is 131 Å². The Morgan fingerprint density at radius 1 is 0.892 bits per heavy atom. The number of aromatic carboxylic acids is 1. The number of aromatic nitrogens is 1. The van der Waals surface area contributed by atoms with Gasteiger partial charge in [0, 0.05) is 21.8 Å². The molecule has 0 saturated heterocycles. The fourth-order valence-electron chi connectivity index (χ4n) is 4.21. The zero-order chi connectivity index (χ0) is 26.7. The summed E-state index contributed by atoms with van der Waals surface area (Å²) in [5.74, 6) is -2.64. The summed E-state index contributed by atoms with van der Waals surface area (Å²) in [6.45, 7) is -0.0916. The number of rotatable bonds is 9. The van der Waals surface area contributed by atoms with Gasteiger partial charge in [-0.05, 0) is 53.3 Å². The van der Waals surface area contributed by atoms with Crippen LogP contribution in [-0.2, 0) is 21.2 Å². The van der Waals surface area contributed by atoms with Gasteiger partial charge in [0.05, 0.1) is 17.2 Å². The van der Waals surface area contributed by atoms with Crippen molar-refractivity contribution in [2.45, 2.75) is 24.3 Å². The fraction of sp³-hybridized carbons (Fsp3) is 0.148. The largest absolute Gasteiger partial charge is 0.481 e. The summed E-state index contributed by atoms with van der Waals surface area (Å²) in [6, 6.07) is 19.8. The molecule has 0 aliphatic rings. The first-order chi connectivity index (χ1) is 17.6. The molecule has 4 aromatic rings. The van der Waals surface area contributed by atoms with Gasteiger partial charge in [-0.1, -0.05) is 58.4 Å². The quantitative estimate of drug-likeness (QED) is 0.289. The molecule has 0 fully saturated rings. The van der Waals surface area contributed by atoms with Crippen LogP contribution in [0.2, 0.25) is 0 Å². The van der Waals surface area contributed by atoms with E-state index < -0.39 is 27.3 Å². The van der Waals surface area contributed by atoms with Crippen LogP contribution < -0.4 is 5.56 Å². The van der Waals surface area contributed by atoms with E-state index in [0.29, 0.717) is 31.9 Å². The van der Waals surface area contributed by atoms with E-state index in [1.54, 1.807) is 42.5 Å². The summed E-state index contributed by atoms with van der Waals surface area (Å²) < 4.78 is 26.9. The summed E-state index contributed by atoms with van der Waals surface area (Å²) in [7, 11) is -3.68. The Bertz CT molecular complexity index is 1660. The number of carboxylic acid groups (broad SMARTS) is 2. The molecule has 3 aromatic carbocycles. The van der Waals surface area contributed by atoms with Crippen LogP contribution in [0.5, 0.6) is 0 Å². The predicted molar refractivity (Wildman–Crippen MR) is 143 cm³/mol. The molecule has 0 saturated carbocycles. The van der Waals surface area contributed by atoms with E-state index in [-0.39, 0.29) is 35.7 Å². The number of carbonyl (C=O) groups is 2. The van der Waals surface area contributed by atoms with Gasteiger partial charge in [0.25, 0.3) is 5.56 Å². The van der Waals surface area contributed by atoms with Crippen LogP contribution in [0.25, 0.3) is 21.9 Å². The number of halogens is 1. The molecule has 4 rings (SSSR count). The average Bonchev–Trinajstić information content (AvgIpc) is 2.85. The van der Waals surface area contributed by atoms with Gasteiger partial charge in [-0.2, -0.15) is 0 Å². The number of fused-ring (bicyclic) bond motifs is 1. The monoisotopic (exact) mass is 583 g/mol. The Morgan fingerprint density at radius 3 is 2.19 bits per heavy atom. The number of benzene rings is 3. The molecule has 0 aliphatic carbocycles. The molecule has 0 spiro atoms. The van der Waals surface area contributed by atoms with Gasteiger partial charge in [-0.25, -0.2) is 13.2 Å². The third-order valence-electron chi connectivity index (χ3n) is 5.93. The Hall–Kier alpha value is -3.76. The summed E-state index contributed by atoms with van der Waals surface area (Å²) >= 11 is 3.41. The highest BCUT2D eigenvalue weighted by atomic mass is 79.9. The van der Waals surface area contributed by atoms with Crippen molar-refractivity contribution in [3.05, 3.63) is 98.9 Å². The van der Waals surface area contributed by atoms with E-state index in [2.05, 4.69) is 15.9 Å². The molecule has 8 nitrogen and oxygen atoms in total. The van der Waals surface area contributed by atoms with E-state index >= 15 is 0 Å². The molecule has 0 aliphatic heterocycles. The second-order valence-corrected chi connectivity index (χ2v) is 11.5. The van der Waals surface area contributed by atoms with Gasteiger partial charge < -0.3 is 10.2 Å². The summed E-state index contributed by atoms with van der Waals surface area (Å²) in [5.41, 5.74) is 0.919. The van der Waals surface area contributed by atoms with Crippen molar-refractivity contribution in [3.63, 3.8) is 0 Å². The summed E-state index contributed by atoms with van der Waals surface area (Å²) in [6.07, 6.45) is -0.257. The van der Waals surface area contributed by atoms with E-state index in [1.165, 1.54) is 28.8 Å². The standard InChI is InChI=1S/C27H22BrNO7S/c28-19-10-13-21-22(15-19)24(18-5-2-1-3-6-18)25(27(33)34)29(26(21)32)16-17-8-11-20(12-9-17)37(35,36)14-4-7-23(30)31/h1-3,5-6,8-13,15H,4,7,14,16H2,(H,30,31)(H,33,34). The Morgan fingerprint density at radius 2 is 1.57 bits per heavy atom. The van der Waals surface area contributed by atoms with Crippen molar-refractivity contribution >= 4 is 48.5 Å². The van der Waals surface area contributed by atoms with Crippen molar-refractivity contribution in [2.75, 3.05) is 5.75 Å². The van der Waals surface area contributed by atoms with E-state index in [1.807, 2.05) is 6.07 Å². The van der Waals surface area contributed by atoms with Crippen LogP contribution in [0.3, 0.4) is 0 Å². The SMILES string of the molecule is O=C(O)CCCS(=O)(=O)c1ccc(Cn2c(C(=O)O)c(-c3ccccc3)c3cc(Br)ccc3c2=O)cc1. The van der Waals surface area contributed by atoms with E-state index in [4.69, 9.17) is 5.11 Å². The molecule has 190 valence electrons. The molecule has 1 heterocycles. The van der Waals surface area contributed by atoms with Crippen molar-refractivity contribution in [3.8, 4) is 11.1 Å². The molecule has 0 atom stereocenters. The van der Waals surface area contributed by atoms with Gasteiger partial charge in [0.15, 0.2) is 9.84 Å². The first-order valence-electron chi connectivity index (χ1n) is 11.3. The van der Waals surface area contributed by atoms with E-state index in [0.717, 1.165) is 0 Å². The number of aliphatic carboxylic acids is 1. The Kier molecular flexibility index (Phi) is 7.60. The number of hydrogen-bond donors (Lipinski definition) is 2. The van der Waals surface area contributed by atoms with E-state index in [9.17, 15) is 27.9 Å². The molecular weight excluding hydrogens is 562 g/mol. The van der Waals surface area contributed by atoms with Crippen molar-refractivity contribution in [2.24, 2.45) is 0 Å². The van der Waals surface area contributed by atoms with Crippen LogP contribution >= 0.6 is 15.9 Å². The lowest BCUT2D eigenvalue weighted by Gasteiger charge is -2.18. The van der Waals surface area contributed by atoms with Gasteiger partial charge in [-0.15, -0.1) is 0 Å². The second-order valence-electron chi connectivity index (χ2n) is 8.44. The van der Waals surface area contributed by atoms with Crippen LogP contribution in [0.4, 0.5) is 0 Å². The second kappa shape index (κ2) is 10.7. The lowest BCUT2D eigenvalue weighted by atomic mass is 9.96. The first kappa shape index (κ1) is 26.3. The number of sulfone groups is 1. The minimum absolute atomic E-state index is 0.00769. The van der Waals surface area contributed by atoms with Gasteiger partial charge in [0.2, 0.25) is 0 Å². The minimum Gasteiger partial charge on any atom is -0.481 e. The van der Waals surface area contributed by atoms with Crippen molar-refractivity contribution in [1.29, 1.82) is 0 Å². The highest BCUT2D eigenvalue weighted by molar-refractivity contribution is 9.10. The maximum absolute atomic E-state index is 13.5. The first-order valence-corrected chi connectivity index (χ1v) is 13.7. The number of hydrogen-bond acceptors (Lipinski definition) is 5. The average molecular weight is 584 g/mol. The molecule has 10 heteroatoms.